The predicted octanol–water partition coefficient (Wildman–Crippen LogP) is 4.58. The van der Waals surface area contributed by atoms with Gasteiger partial charge in [-0.2, -0.15) is 0 Å². The van der Waals surface area contributed by atoms with Crippen LogP contribution in [0, 0.1) is 0 Å². The number of imidazole rings is 1. The van der Waals surface area contributed by atoms with Gasteiger partial charge in [-0.15, -0.1) is 11.6 Å². The summed E-state index contributed by atoms with van der Waals surface area (Å²) in [7, 11) is 0. The molecule has 1 unspecified atom stereocenters. The van der Waals surface area contributed by atoms with E-state index < -0.39 is 0 Å². The van der Waals surface area contributed by atoms with Crippen LogP contribution in [0.4, 0.5) is 0 Å². The van der Waals surface area contributed by atoms with Crippen molar-refractivity contribution >= 4 is 38.6 Å². The van der Waals surface area contributed by atoms with E-state index in [0.717, 1.165) is 41.5 Å². The highest BCUT2D eigenvalue weighted by Crippen LogP contribution is 2.29. The van der Waals surface area contributed by atoms with Crippen molar-refractivity contribution in [3.05, 3.63) is 28.5 Å². The molecule has 1 aromatic carbocycles. The zero-order valence-corrected chi connectivity index (χ0v) is 14.9. The second-order valence-corrected chi connectivity index (χ2v) is 7.30. The van der Waals surface area contributed by atoms with Crippen LogP contribution in [0.1, 0.15) is 37.9 Å². The average Bonchev–Trinajstić information content (AvgIpc) is 3.22. The average molecular weight is 371 g/mol. The zero-order valence-electron chi connectivity index (χ0n) is 12.5. The van der Waals surface area contributed by atoms with E-state index >= 15 is 0 Å². The van der Waals surface area contributed by atoms with Gasteiger partial charge in [-0.3, -0.25) is 4.90 Å². The third-order valence-electron chi connectivity index (χ3n) is 4.18. The normalized spacial score (nSPS) is 16.8. The van der Waals surface area contributed by atoms with Crippen molar-refractivity contribution in [1.82, 2.24) is 14.5 Å². The van der Waals surface area contributed by atoms with Crippen molar-refractivity contribution in [3.8, 4) is 0 Å². The molecule has 21 heavy (non-hydrogen) atoms. The highest BCUT2D eigenvalue weighted by atomic mass is 79.9. The number of benzene rings is 1. The first-order valence-electron chi connectivity index (χ1n) is 7.64. The van der Waals surface area contributed by atoms with Gasteiger partial charge in [-0.25, -0.2) is 4.98 Å². The largest absolute Gasteiger partial charge is 0.325 e. The fourth-order valence-electron chi connectivity index (χ4n) is 2.92. The molecule has 0 saturated heterocycles. The van der Waals surface area contributed by atoms with E-state index in [1.807, 2.05) is 13.0 Å². The zero-order chi connectivity index (χ0) is 15.0. The SMILES string of the molecule is CCN(CCn1c(C(C)Cl)nc2ccc(Br)cc21)C1CC1. The van der Waals surface area contributed by atoms with Crippen molar-refractivity contribution in [3.63, 3.8) is 0 Å². The molecule has 1 fully saturated rings. The molecule has 1 aromatic heterocycles. The van der Waals surface area contributed by atoms with Gasteiger partial charge in [-0.05, 0) is 44.5 Å². The van der Waals surface area contributed by atoms with Crippen LogP contribution in [0.2, 0.25) is 0 Å². The quantitative estimate of drug-likeness (QED) is 0.694. The molecular formula is C16H21BrClN3. The van der Waals surface area contributed by atoms with Gasteiger partial charge in [0.15, 0.2) is 0 Å². The van der Waals surface area contributed by atoms with Crippen molar-refractivity contribution in [2.45, 2.75) is 44.7 Å². The van der Waals surface area contributed by atoms with Gasteiger partial charge in [0.05, 0.1) is 16.4 Å². The maximum Gasteiger partial charge on any atom is 0.127 e. The first kappa shape index (κ1) is 15.3. The number of aromatic nitrogens is 2. The van der Waals surface area contributed by atoms with Crippen molar-refractivity contribution < 1.29 is 0 Å². The predicted molar refractivity (Wildman–Crippen MR) is 92.0 cm³/mol. The number of rotatable bonds is 6. The summed E-state index contributed by atoms with van der Waals surface area (Å²) in [6.07, 6.45) is 2.70. The Morgan fingerprint density at radius 3 is 2.86 bits per heavy atom. The Hall–Kier alpha value is -0.580. The minimum absolute atomic E-state index is 0.0767. The summed E-state index contributed by atoms with van der Waals surface area (Å²) in [5.74, 6) is 0.969. The molecule has 0 N–H and O–H groups in total. The minimum Gasteiger partial charge on any atom is -0.325 e. The van der Waals surface area contributed by atoms with E-state index in [1.54, 1.807) is 0 Å². The van der Waals surface area contributed by atoms with Gasteiger partial charge in [0.25, 0.3) is 0 Å². The molecule has 114 valence electrons. The molecule has 2 aromatic rings. The lowest BCUT2D eigenvalue weighted by atomic mass is 10.3. The first-order valence-corrected chi connectivity index (χ1v) is 8.87. The van der Waals surface area contributed by atoms with Crippen LogP contribution < -0.4 is 0 Å². The Bertz CT molecular complexity index is 634. The number of halogens is 2. The van der Waals surface area contributed by atoms with Crippen LogP contribution in [-0.2, 0) is 6.54 Å². The third kappa shape index (κ3) is 3.27. The summed E-state index contributed by atoms with van der Waals surface area (Å²) >= 11 is 9.89. The van der Waals surface area contributed by atoms with Crippen LogP contribution in [0.3, 0.4) is 0 Å². The molecule has 1 aliphatic carbocycles. The Balaban J connectivity index is 1.90. The second-order valence-electron chi connectivity index (χ2n) is 5.73. The number of likely N-dealkylation sites (N-methyl/N-ethyl adjacent to an activating group) is 1. The van der Waals surface area contributed by atoms with E-state index in [0.29, 0.717) is 0 Å². The van der Waals surface area contributed by atoms with E-state index in [1.165, 1.54) is 18.4 Å². The molecule has 0 bridgehead atoms. The van der Waals surface area contributed by atoms with Crippen LogP contribution in [0.5, 0.6) is 0 Å². The molecule has 3 nitrogen and oxygen atoms in total. The molecule has 3 rings (SSSR count). The Morgan fingerprint density at radius 2 is 2.24 bits per heavy atom. The Labute approximate surface area is 139 Å². The lowest BCUT2D eigenvalue weighted by Crippen LogP contribution is -2.29. The fourth-order valence-corrected chi connectivity index (χ4v) is 3.44. The van der Waals surface area contributed by atoms with Crippen LogP contribution in [0.25, 0.3) is 11.0 Å². The summed E-state index contributed by atoms with van der Waals surface area (Å²) < 4.78 is 3.36. The highest BCUT2D eigenvalue weighted by molar-refractivity contribution is 9.10. The fraction of sp³-hybridized carbons (Fsp3) is 0.562. The lowest BCUT2D eigenvalue weighted by molar-refractivity contribution is 0.266. The lowest BCUT2D eigenvalue weighted by Gasteiger charge is -2.21. The van der Waals surface area contributed by atoms with Crippen LogP contribution >= 0.6 is 27.5 Å². The summed E-state index contributed by atoms with van der Waals surface area (Å²) in [4.78, 5) is 7.27. The summed E-state index contributed by atoms with van der Waals surface area (Å²) in [5, 5.41) is -0.0767. The summed E-state index contributed by atoms with van der Waals surface area (Å²) in [6.45, 7) is 7.37. The van der Waals surface area contributed by atoms with E-state index in [2.05, 4.69) is 44.5 Å². The van der Waals surface area contributed by atoms with Gasteiger partial charge < -0.3 is 4.57 Å². The maximum atomic E-state index is 6.33. The maximum absolute atomic E-state index is 6.33. The number of hydrogen-bond acceptors (Lipinski definition) is 2. The van der Waals surface area contributed by atoms with Crippen molar-refractivity contribution in [1.29, 1.82) is 0 Å². The Morgan fingerprint density at radius 1 is 1.48 bits per heavy atom. The van der Waals surface area contributed by atoms with Gasteiger partial charge in [-0.1, -0.05) is 22.9 Å². The smallest absolute Gasteiger partial charge is 0.127 e. The topological polar surface area (TPSA) is 21.1 Å². The highest BCUT2D eigenvalue weighted by Gasteiger charge is 2.27. The molecule has 5 heteroatoms. The van der Waals surface area contributed by atoms with Crippen LogP contribution in [-0.4, -0.2) is 33.6 Å². The minimum atomic E-state index is -0.0767. The molecule has 1 aliphatic rings. The summed E-state index contributed by atoms with van der Waals surface area (Å²) in [6, 6.07) is 7.02. The van der Waals surface area contributed by atoms with Gasteiger partial charge in [0.2, 0.25) is 0 Å². The molecule has 0 radical (unpaired) electrons. The van der Waals surface area contributed by atoms with Gasteiger partial charge in [0.1, 0.15) is 5.82 Å². The molecule has 1 atom stereocenters. The summed E-state index contributed by atoms with van der Waals surface area (Å²) in [5.41, 5.74) is 2.19. The molecule has 1 saturated carbocycles. The molecular weight excluding hydrogens is 350 g/mol. The molecule has 0 amide bonds. The number of alkyl halides is 1. The Kier molecular flexibility index (Phi) is 4.57. The van der Waals surface area contributed by atoms with E-state index in [-0.39, 0.29) is 5.38 Å². The number of fused-ring (bicyclic) bond motifs is 1. The van der Waals surface area contributed by atoms with Gasteiger partial charge in [0, 0.05) is 23.6 Å². The number of nitrogens with zero attached hydrogens (tertiary/aromatic N) is 3. The molecule has 1 heterocycles. The van der Waals surface area contributed by atoms with Crippen LogP contribution in [0.15, 0.2) is 22.7 Å². The van der Waals surface area contributed by atoms with Gasteiger partial charge >= 0.3 is 0 Å². The standard InChI is InChI=1S/C16H21BrClN3/c1-3-20(13-5-6-13)8-9-21-15-10-12(17)4-7-14(15)19-16(21)11(2)18/h4,7,10-11,13H,3,5-6,8-9H2,1-2H3. The second kappa shape index (κ2) is 6.27. The third-order valence-corrected chi connectivity index (χ3v) is 4.86. The monoisotopic (exact) mass is 369 g/mol. The van der Waals surface area contributed by atoms with E-state index in [9.17, 15) is 0 Å². The van der Waals surface area contributed by atoms with Crippen molar-refractivity contribution in [2.75, 3.05) is 13.1 Å². The van der Waals surface area contributed by atoms with Crippen molar-refractivity contribution in [2.24, 2.45) is 0 Å². The number of hydrogen-bond donors (Lipinski definition) is 0. The molecule has 0 aliphatic heterocycles. The molecule has 0 spiro atoms. The first-order chi connectivity index (χ1) is 10.1. The van der Waals surface area contributed by atoms with E-state index in [4.69, 9.17) is 16.6 Å².